The van der Waals surface area contributed by atoms with E-state index >= 15 is 0 Å². The fourth-order valence-electron chi connectivity index (χ4n) is 1.19. The Morgan fingerprint density at radius 2 is 2.20 bits per heavy atom. The van der Waals surface area contributed by atoms with E-state index in [0.29, 0.717) is 0 Å². The van der Waals surface area contributed by atoms with Gasteiger partial charge in [-0.15, -0.1) is 0 Å². The second-order valence-corrected chi connectivity index (χ2v) is 2.46. The average molecular weight is 135 g/mol. The Hall–Kier alpha value is -0.980. The largest absolute Gasteiger partial charge is 0.385 e. The number of hydrogen-bond acceptors (Lipinski definition) is 1. The molecule has 1 heteroatoms. The molecule has 0 aromatic carbocycles. The van der Waals surface area contributed by atoms with Crippen LogP contribution in [-0.2, 0) is 0 Å². The number of nitrogens with one attached hydrogen (secondary N) is 1. The molecule has 1 fully saturated rings. The van der Waals surface area contributed by atoms with E-state index in [9.17, 15) is 0 Å². The number of hydrogen-bond donors (Lipinski definition) is 1. The molecule has 0 bridgehead atoms. The molecule has 0 unspecified atom stereocenters. The van der Waals surface area contributed by atoms with Crippen LogP contribution >= 0.6 is 0 Å². The molecule has 0 spiro atoms. The molecule has 54 valence electrons. The lowest BCUT2D eigenvalue weighted by Crippen LogP contribution is -2.22. The predicted octanol–water partition coefficient (Wildman–Crippen LogP) is 2.00. The Bertz CT molecular complexity index is 181. The van der Waals surface area contributed by atoms with Gasteiger partial charge in [0.25, 0.3) is 0 Å². The zero-order chi connectivity index (χ0) is 7.56. The SMILES string of the molecule is C=C1CCNC(=C)/C1=C/C. The van der Waals surface area contributed by atoms with Gasteiger partial charge in [-0.3, -0.25) is 0 Å². The number of piperidine rings is 1. The van der Waals surface area contributed by atoms with Crippen molar-refractivity contribution in [3.8, 4) is 0 Å². The van der Waals surface area contributed by atoms with Gasteiger partial charge in [-0.1, -0.05) is 19.2 Å². The summed E-state index contributed by atoms with van der Waals surface area (Å²) in [6, 6.07) is 0. The lowest BCUT2D eigenvalue weighted by Gasteiger charge is -2.21. The summed E-state index contributed by atoms with van der Waals surface area (Å²) in [5.41, 5.74) is 3.40. The molecule has 0 radical (unpaired) electrons. The third-order valence-corrected chi connectivity index (χ3v) is 1.76. The van der Waals surface area contributed by atoms with Crippen molar-refractivity contribution in [3.63, 3.8) is 0 Å². The van der Waals surface area contributed by atoms with E-state index < -0.39 is 0 Å². The van der Waals surface area contributed by atoms with Gasteiger partial charge in [0.15, 0.2) is 0 Å². The highest BCUT2D eigenvalue weighted by atomic mass is 14.9. The first kappa shape index (κ1) is 7.13. The summed E-state index contributed by atoms with van der Waals surface area (Å²) in [7, 11) is 0. The second kappa shape index (κ2) is 2.74. The predicted molar refractivity (Wildman–Crippen MR) is 44.7 cm³/mol. The monoisotopic (exact) mass is 135 g/mol. The van der Waals surface area contributed by atoms with Crippen LogP contribution < -0.4 is 5.32 Å². The van der Waals surface area contributed by atoms with Crippen LogP contribution in [0.3, 0.4) is 0 Å². The molecule has 1 heterocycles. The van der Waals surface area contributed by atoms with Gasteiger partial charge in [0.2, 0.25) is 0 Å². The minimum atomic E-state index is 0.981. The van der Waals surface area contributed by atoms with Gasteiger partial charge in [0, 0.05) is 12.2 Å². The molecule has 1 N–H and O–H groups in total. The van der Waals surface area contributed by atoms with Crippen LogP contribution in [0.2, 0.25) is 0 Å². The first-order valence-corrected chi connectivity index (χ1v) is 3.53. The van der Waals surface area contributed by atoms with E-state index in [1.807, 2.05) is 6.92 Å². The van der Waals surface area contributed by atoms with Crippen LogP contribution in [0.5, 0.6) is 0 Å². The Balaban J connectivity index is 2.83. The standard InChI is InChI=1S/C9H13N/c1-4-9-7(2)5-6-10-8(9)3/h4,10H,2-3,5-6H2,1H3/b9-4+. The van der Waals surface area contributed by atoms with Crippen molar-refractivity contribution in [1.29, 1.82) is 0 Å². The zero-order valence-corrected chi connectivity index (χ0v) is 6.41. The second-order valence-electron chi connectivity index (χ2n) is 2.46. The third kappa shape index (κ3) is 1.13. The normalized spacial score (nSPS) is 23.1. The van der Waals surface area contributed by atoms with E-state index in [-0.39, 0.29) is 0 Å². The molecule has 1 nitrogen and oxygen atoms in total. The first-order valence-electron chi connectivity index (χ1n) is 3.53. The summed E-state index contributed by atoms with van der Waals surface area (Å²) >= 11 is 0. The lowest BCUT2D eigenvalue weighted by molar-refractivity contribution is 0.756. The van der Waals surface area contributed by atoms with Gasteiger partial charge in [-0.2, -0.15) is 0 Å². The number of allylic oxidation sites excluding steroid dienone is 2. The van der Waals surface area contributed by atoms with Gasteiger partial charge in [0.1, 0.15) is 0 Å². The minimum Gasteiger partial charge on any atom is -0.385 e. The fraction of sp³-hybridized carbons (Fsp3) is 0.333. The topological polar surface area (TPSA) is 12.0 Å². The van der Waals surface area contributed by atoms with Crippen molar-refractivity contribution in [2.45, 2.75) is 13.3 Å². The van der Waals surface area contributed by atoms with Gasteiger partial charge < -0.3 is 5.32 Å². The maximum absolute atomic E-state index is 3.95. The highest BCUT2D eigenvalue weighted by molar-refractivity contribution is 5.44. The molecule has 1 rings (SSSR count). The van der Waals surface area contributed by atoms with Crippen LogP contribution in [0.1, 0.15) is 13.3 Å². The molecule has 0 saturated carbocycles. The zero-order valence-electron chi connectivity index (χ0n) is 6.41. The van der Waals surface area contributed by atoms with Gasteiger partial charge in [-0.05, 0) is 24.5 Å². The molecule has 1 aliphatic heterocycles. The third-order valence-electron chi connectivity index (χ3n) is 1.76. The molecule has 0 aromatic heterocycles. The van der Waals surface area contributed by atoms with Gasteiger partial charge in [-0.25, -0.2) is 0 Å². The quantitative estimate of drug-likeness (QED) is 0.535. The van der Waals surface area contributed by atoms with Crippen molar-refractivity contribution in [3.05, 3.63) is 36.1 Å². The summed E-state index contributed by atoms with van der Waals surface area (Å²) in [4.78, 5) is 0. The maximum atomic E-state index is 3.95. The lowest BCUT2D eigenvalue weighted by atomic mass is 9.98. The van der Waals surface area contributed by atoms with Crippen molar-refractivity contribution in [2.24, 2.45) is 0 Å². The summed E-state index contributed by atoms with van der Waals surface area (Å²) in [5, 5.41) is 3.19. The summed E-state index contributed by atoms with van der Waals surface area (Å²) in [6.45, 7) is 10.8. The average Bonchev–Trinajstić information content (AvgIpc) is 1.88. The van der Waals surface area contributed by atoms with Crippen LogP contribution in [-0.4, -0.2) is 6.54 Å². The summed E-state index contributed by atoms with van der Waals surface area (Å²) < 4.78 is 0. The summed E-state index contributed by atoms with van der Waals surface area (Å²) in [5.74, 6) is 0. The molecule has 1 saturated heterocycles. The summed E-state index contributed by atoms with van der Waals surface area (Å²) in [6.07, 6.45) is 3.09. The molecule has 1 aliphatic rings. The van der Waals surface area contributed by atoms with Crippen molar-refractivity contribution >= 4 is 0 Å². The van der Waals surface area contributed by atoms with Gasteiger partial charge >= 0.3 is 0 Å². The molecule has 0 aromatic rings. The molecule has 0 amide bonds. The van der Waals surface area contributed by atoms with Crippen molar-refractivity contribution in [2.75, 3.05) is 6.54 Å². The number of rotatable bonds is 0. The van der Waals surface area contributed by atoms with E-state index in [1.54, 1.807) is 0 Å². The van der Waals surface area contributed by atoms with E-state index in [1.165, 1.54) is 11.1 Å². The highest BCUT2D eigenvalue weighted by Crippen LogP contribution is 2.21. The molecule has 0 atom stereocenters. The first-order chi connectivity index (χ1) is 4.75. The van der Waals surface area contributed by atoms with E-state index in [2.05, 4.69) is 24.6 Å². The van der Waals surface area contributed by atoms with Crippen LogP contribution in [0.15, 0.2) is 36.1 Å². The van der Waals surface area contributed by atoms with E-state index in [4.69, 9.17) is 0 Å². The van der Waals surface area contributed by atoms with Crippen LogP contribution in [0.4, 0.5) is 0 Å². The highest BCUT2D eigenvalue weighted by Gasteiger charge is 2.10. The Morgan fingerprint density at radius 1 is 1.50 bits per heavy atom. The fourth-order valence-corrected chi connectivity index (χ4v) is 1.19. The molecule has 10 heavy (non-hydrogen) atoms. The van der Waals surface area contributed by atoms with Crippen molar-refractivity contribution in [1.82, 2.24) is 5.32 Å². The van der Waals surface area contributed by atoms with Crippen molar-refractivity contribution < 1.29 is 0 Å². The maximum Gasteiger partial charge on any atom is 0.0340 e. The molecular formula is C9H13N. The molecular weight excluding hydrogens is 122 g/mol. The van der Waals surface area contributed by atoms with Crippen LogP contribution in [0, 0.1) is 0 Å². The Labute approximate surface area is 62.1 Å². The Morgan fingerprint density at radius 3 is 2.60 bits per heavy atom. The van der Waals surface area contributed by atoms with Crippen LogP contribution in [0.25, 0.3) is 0 Å². The smallest absolute Gasteiger partial charge is 0.0340 e. The van der Waals surface area contributed by atoms with Gasteiger partial charge in [0.05, 0.1) is 0 Å². The Kier molecular flexibility index (Phi) is 1.95. The molecule has 0 aliphatic carbocycles. The minimum absolute atomic E-state index is 0.981. The van der Waals surface area contributed by atoms with E-state index in [0.717, 1.165) is 18.7 Å².